The SMILES string of the molecule is CCCCCCCCCOc1ccc(-c2ccc(C(=O)OC(=O)OCC(CC)CC)c(F)c2-c2ccccc2)cc1. The summed E-state index contributed by atoms with van der Waals surface area (Å²) in [5.74, 6) is -0.912. The van der Waals surface area contributed by atoms with Crippen LogP contribution in [0.15, 0.2) is 66.7 Å². The van der Waals surface area contributed by atoms with Gasteiger partial charge < -0.3 is 14.2 Å². The molecule has 0 N–H and O–H groups in total. The first kappa shape index (κ1) is 31.9. The Morgan fingerprint density at radius 2 is 1.41 bits per heavy atom. The van der Waals surface area contributed by atoms with Crippen molar-refractivity contribution in [2.45, 2.75) is 78.6 Å². The molecule has 220 valence electrons. The second-order valence-electron chi connectivity index (χ2n) is 10.3. The normalized spacial score (nSPS) is 11.0. The summed E-state index contributed by atoms with van der Waals surface area (Å²) in [5, 5.41) is 0. The van der Waals surface area contributed by atoms with E-state index in [9.17, 15) is 9.59 Å². The van der Waals surface area contributed by atoms with Crippen LogP contribution >= 0.6 is 0 Å². The summed E-state index contributed by atoms with van der Waals surface area (Å²) in [7, 11) is 0. The predicted octanol–water partition coefficient (Wildman–Crippen LogP) is 10.0. The Bertz CT molecular complexity index is 1220. The lowest BCUT2D eigenvalue weighted by Gasteiger charge is -2.15. The summed E-state index contributed by atoms with van der Waals surface area (Å²) in [4.78, 5) is 24.9. The molecule has 5 nitrogen and oxygen atoms in total. The van der Waals surface area contributed by atoms with E-state index in [0.29, 0.717) is 17.7 Å². The zero-order valence-electron chi connectivity index (χ0n) is 24.6. The third-order valence-corrected chi connectivity index (χ3v) is 7.37. The number of ether oxygens (including phenoxy) is 3. The molecular weight excluding hydrogens is 519 g/mol. The Morgan fingerprint density at radius 3 is 2.07 bits per heavy atom. The van der Waals surface area contributed by atoms with Gasteiger partial charge in [-0.05, 0) is 47.2 Å². The number of carbonyl (C=O) groups excluding carboxylic acids is 2. The van der Waals surface area contributed by atoms with Crippen LogP contribution in [0.5, 0.6) is 5.75 Å². The van der Waals surface area contributed by atoms with Crippen LogP contribution in [0.4, 0.5) is 9.18 Å². The van der Waals surface area contributed by atoms with Gasteiger partial charge in [0.1, 0.15) is 11.6 Å². The molecule has 0 aliphatic heterocycles. The maximum Gasteiger partial charge on any atom is 0.516 e. The quantitative estimate of drug-likeness (QED) is 0.0987. The minimum Gasteiger partial charge on any atom is -0.494 e. The molecule has 3 aromatic carbocycles. The molecule has 41 heavy (non-hydrogen) atoms. The molecule has 0 aliphatic rings. The highest BCUT2D eigenvalue weighted by Crippen LogP contribution is 2.36. The van der Waals surface area contributed by atoms with Gasteiger partial charge in [0.05, 0.1) is 18.8 Å². The summed E-state index contributed by atoms with van der Waals surface area (Å²) in [6.07, 6.45) is 9.09. The second-order valence-corrected chi connectivity index (χ2v) is 10.3. The Kier molecular flexibility index (Phi) is 13.4. The molecule has 0 radical (unpaired) electrons. The lowest BCUT2D eigenvalue weighted by molar-refractivity contribution is 0.0328. The van der Waals surface area contributed by atoms with Crippen molar-refractivity contribution in [1.29, 1.82) is 0 Å². The zero-order valence-corrected chi connectivity index (χ0v) is 24.6. The Hall–Kier alpha value is -3.67. The van der Waals surface area contributed by atoms with Crippen LogP contribution in [0.1, 0.15) is 88.9 Å². The molecule has 0 fully saturated rings. The van der Waals surface area contributed by atoms with Gasteiger partial charge in [-0.1, -0.05) is 121 Å². The molecule has 0 saturated carbocycles. The van der Waals surface area contributed by atoms with E-state index in [1.807, 2.05) is 44.2 Å². The van der Waals surface area contributed by atoms with E-state index in [4.69, 9.17) is 14.2 Å². The fourth-order valence-electron chi connectivity index (χ4n) is 4.71. The lowest BCUT2D eigenvalue weighted by Crippen LogP contribution is -2.18. The number of carbonyl (C=O) groups is 2. The predicted molar refractivity (Wildman–Crippen MR) is 162 cm³/mol. The minimum atomic E-state index is -1.13. The van der Waals surface area contributed by atoms with E-state index < -0.39 is 17.9 Å². The molecule has 0 amide bonds. The molecule has 0 aliphatic carbocycles. The van der Waals surface area contributed by atoms with Crippen LogP contribution in [0.2, 0.25) is 0 Å². The summed E-state index contributed by atoms with van der Waals surface area (Å²) < 4.78 is 31.8. The smallest absolute Gasteiger partial charge is 0.494 e. The lowest BCUT2D eigenvalue weighted by atomic mass is 9.92. The van der Waals surface area contributed by atoms with Gasteiger partial charge in [0.2, 0.25) is 0 Å². The summed E-state index contributed by atoms with van der Waals surface area (Å²) in [6.45, 7) is 7.02. The van der Waals surface area contributed by atoms with Crippen molar-refractivity contribution in [3.63, 3.8) is 0 Å². The van der Waals surface area contributed by atoms with Crippen LogP contribution in [-0.4, -0.2) is 25.3 Å². The van der Waals surface area contributed by atoms with E-state index in [-0.39, 0.29) is 23.7 Å². The van der Waals surface area contributed by atoms with Gasteiger partial charge in [0.25, 0.3) is 0 Å². The van der Waals surface area contributed by atoms with Crippen LogP contribution < -0.4 is 4.74 Å². The largest absolute Gasteiger partial charge is 0.516 e. The van der Waals surface area contributed by atoms with E-state index in [1.165, 1.54) is 38.2 Å². The number of hydrogen-bond donors (Lipinski definition) is 0. The van der Waals surface area contributed by atoms with Crippen molar-refractivity contribution in [3.8, 4) is 28.0 Å². The number of halogens is 1. The van der Waals surface area contributed by atoms with Crippen molar-refractivity contribution in [2.75, 3.05) is 13.2 Å². The van der Waals surface area contributed by atoms with E-state index in [2.05, 4.69) is 6.92 Å². The Morgan fingerprint density at radius 1 is 0.756 bits per heavy atom. The summed E-state index contributed by atoms with van der Waals surface area (Å²) in [5.41, 5.74) is 1.91. The highest BCUT2D eigenvalue weighted by atomic mass is 19.1. The van der Waals surface area contributed by atoms with Gasteiger partial charge in [-0.2, -0.15) is 0 Å². The molecule has 3 aromatic rings. The molecule has 0 spiro atoms. The first-order valence-electron chi connectivity index (χ1n) is 15.0. The molecule has 0 saturated heterocycles. The highest BCUT2D eigenvalue weighted by molar-refractivity contribution is 5.98. The third-order valence-electron chi connectivity index (χ3n) is 7.37. The average molecular weight is 563 g/mol. The van der Waals surface area contributed by atoms with Crippen molar-refractivity contribution < 1.29 is 28.2 Å². The topological polar surface area (TPSA) is 61.8 Å². The van der Waals surface area contributed by atoms with Gasteiger partial charge in [-0.3, -0.25) is 0 Å². The number of unbranched alkanes of at least 4 members (excludes halogenated alkanes) is 6. The van der Waals surface area contributed by atoms with E-state index >= 15 is 4.39 Å². The third kappa shape index (κ3) is 9.73. The van der Waals surface area contributed by atoms with Crippen molar-refractivity contribution in [1.82, 2.24) is 0 Å². The summed E-state index contributed by atoms with van der Waals surface area (Å²) >= 11 is 0. The van der Waals surface area contributed by atoms with Crippen LogP contribution in [-0.2, 0) is 9.47 Å². The first-order valence-corrected chi connectivity index (χ1v) is 15.0. The van der Waals surface area contributed by atoms with Crippen molar-refractivity contribution >= 4 is 12.1 Å². The fourth-order valence-corrected chi connectivity index (χ4v) is 4.71. The van der Waals surface area contributed by atoms with E-state index in [1.54, 1.807) is 30.3 Å². The maximum absolute atomic E-state index is 16.0. The first-order chi connectivity index (χ1) is 20.0. The average Bonchev–Trinajstić information content (AvgIpc) is 2.99. The molecule has 6 heteroatoms. The number of hydrogen-bond acceptors (Lipinski definition) is 5. The van der Waals surface area contributed by atoms with Crippen LogP contribution in [0, 0.1) is 11.7 Å². The highest BCUT2D eigenvalue weighted by Gasteiger charge is 2.24. The van der Waals surface area contributed by atoms with Gasteiger partial charge in [0.15, 0.2) is 0 Å². The molecule has 0 bridgehead atoms. The molecule has 3 rings (SSSR count). The fraction of sp³-hybridized carbons (Fsp3) is 0.429. The van der Waals surface area contributed by atoms with Crippen LogP contribution in [0.3, 0.4) is 0 Å². The van der Waals surface area contributed by atoms with Crippen LogP contribution in [0.25, 0.3) is 22.3 Å². The Labute approximate surface area is 244 Å². The molecule has 0 atom stereocenters. The number of esters is 1. The summed E-state index contributed by atoms with van der Waals surface area (Å²) in [6, 6.07) is 19.5. The zero-order chi connectivity index (χ0) is 29.5. The van der Waals surface area contributed by atoms with Gasteiger partial charge in [-0.25, -0.2) is 14.0 Å². The minimum absolute atomic E-state index is 0.147. The second kappa shape index (κ2) is 17.2. The number of benzene rings is 3. The van der Waals surface area contributed by atoms with Gasteiger partial charge >= 0.3 is 12.1 Å². The molecular formula is C35H43FO5. The molecule has 0 aromatic heterocycles. The Balaban J connectivity index is 1.73. The molecule has 0 unspecified atom stereocenters. The maximum atomic E-state index is 16.0. The van der Waals surface area contributed by atoms with Gasteiger partial charge in [0, 0.05) is 5.56 Å². The van der Waals surface area contributed by atoms with Crippen molar-refractivity contribution in [2.24, 2.45) is 5.92 Å². The van der Waals surface area contributed by atoms with Gasteiger partial charge in [-0.15, -0.1) is 0 Å². The monoisotopic (exact) mass is 562 g/mol. The van der Waals surface area contributed by atoms with E-state index in [0.717, 1.165) is 37.0 Å². The molecule has 0 heterocycles. The van der Waals surface area contributed by atoms with Crippen molar-refractivity contribution in [3.05, 3.63) is 78.1 Å². The number of rotatable bonds is 16. The standard InChI is InChI=1S/C35H43FO5/c1-4-7-8-9-10-11-15-24-39-29-20-18-27(19-21-29)30-22-23-31(33(36)32(30)28-16-13-12-14-17-28)34(37)41-35(38)40-25-26(5-2)6-3/h12-14,16-23,26H,4-11,15,24-25H2,1-3H3.